The summed E-state index contributed by atoms with van der Waals surface area (Å²) in [6.07, 6.45) is 6.69. The first-order valence-electron chi connectivity index (χ1n) is 7.80. The molecule has 0 aliphatic carbocycles. The second kappa shape index (κ2) is 6.56. The normalized spacial score (nSPS) is 17.0. The lowest BCUT2D eigenvalue weighted by Crippen LogP contribution is -2.24. The summed E-state index contributed by atoms with van der Waals surface area (Å²) < 4.78 is 1.79. The highest BCUT2D eigenvalue weighted by atomic mass is 32.2. The van der Waals surface area contributed by atoms with Crippen LogP contribution in [0.2, 0.25) is 0 Å². The van der Waals surface area contributed by atoms with E-state index in [-0.39, 0.29) is 0 Å². The smallest absolute Gasteiger partial charge is 0.153 e. The second-order valence-corrected chi connectivity index (χ2v) is 6.72. The van der Waals surface area contributed by atoms with E-state index in [0.717, 1.165) is 12.4 Å². The first kappa shape index (κ1) is 14.5. The molecule has 4 rings (SSSR count). The van der Waals surface area contributed by atoms with Gasteiger partial charge in [0.1, 0.15) is 0 Å². The fourth-order valence-corrected chi connectivity index (χ4v) is 4.02. The van der Waals surface area contributed by atoms with Gasteiger partial charge in [-0.3, -0.25) is 0 Å². The molecule has 3 aromatic rings. The zero-order valence-corrected chi connectivity index (χ0v) is 13.5. The van der Waals surface area contributed by atoms with E-state index < -0.39 is 0 Å². The lowest BCUT2D eigenvalue weighted by Gasteiger charge is -2.26. The van der Waals surface area contributed by atoms with Crippen LogP contribution in [-0.4, -0.2) is 20.5 Å². The van der Waals surface area contributed by atoms with Gasteiger partial charge in [-0.05, 0) is 47.6 Å². The van der Waals surface area contributed by atoms with Crippen LogP contribution in [0.1, 0.15) is 23.6 Å². The number of hydrogen-bond acceptors (Lipinski definition) is 4. The minimum atomic E-state index is 0.425. The Morgan fingerprint density at radius 3 is 3.04 bits per heavy atom. The van der Waals surface area contributed by atoms with Crippen molar-refractivity contribution in [3.63, 3.8) is 0 Å². The van der Waals surface area contributed by atoms with Crippen LogP contribution in [0.5, 0.6) is 0 Å². The standard InChI is InChI=1S/C18H18N4S/c1-2-5-17-15(4-1)16(7-11-23-17)20-13-14-6-9-19-18(12-14)22-10-3-8-21-22/h1-6,8-10,12,16,20H,7,11,13H2/t16-/m1/s1. The highest BCUT2D eigenvalue weighted by Gasteiger charge is 2.19. The molecule has 0 saturated heterocycles. The summed E-state index contributed by atoms with van der Waals surface area (Å²) in [7, 11) is 0. The second-order valence-electron chi connectivity index (χ2n) is 5.58. The van der Waals surface area contributed by atoms with Gasteiger partial charge in [0.2, 0.25) is 0 Å². The third kappa shape index (κ3) is 3.16. The molecule has 3 heterocycles. The number of nitrogens with zero attached hydrogens (tertiary/aromatic N) is 3. The Balaban J connectivity index is 1.49. The molecule has 0 radical (unpaired) electrons. The predicted molar refractivity (Wildman–Crippen MR) is 92.7 cm³/mol. The zero-order chi connectivity index (χ0) is 15.5. The Morgan fingerprint density at radius 1 is 1.17 bits per heavy atom. The highest BCUT2D eigenvalue weighted by molar-refractivity contribution is 7.99. The van der Waals surface area contributed by atoms with Crippen LogP contribution in [0.15, 0.2) is 66.0 Å². The molecule has 1 N–H and O–H groups in total. The van der Waals surface area contributed by atoms with Crippen molar-refractivity contribution in [2.24, 2.45) is 0 Å². The first-order valence-corrected chi connectivity index (χ1v) is 8.79. The summed E-state index contributed by atoms with van der Waals surface area (Å²) in [6, 6.07) is 15.2. The first-order chi connectivity index (χ1) is 11.4. The molecule has 1 aliphatic heterocycles. The predicted octanol–water partition coefficient (Wildman–Crippen LogP) is 3.59. The van der Waals surface area contributed by atoms with Crippen LogP contribution in [0.25, 0.3) is 5.82 Å². The number of pyridine rings is 1. The Kier molecular flexibility index (Phi) is 4.13. The average Bonchev–Trinajstić information content (AvgIpc) is 3.15. The van der Waals surface area contributed by atoms with Crippen molar-refractivity contribution in [3.8, 4) is 5.82 Å². The summed E-state index contributed by atoms with van der Waals surface area (Å²) in [5.41, 5.74) is 2.64. The molecule has 0 unspecified atom stereocenters. The van der Waals surface area contributed by atoms with E-state index in [2.05, 4.69) is 51.8 Å². The van der Waals surface area contributed by atoms with Crippen LogP contribution < -0.4 is 5.32 Å². The van der Waals surface area contributed by atoms with Gasteiger partial charge in [-0.1, -0.05) is 18.2 Å². The largest absolute Gasteiger partial charge is 0.306 e. The van der Waals surface area contributed by atoms with Crippen LogP contribution >= 0.6 is 11.8 Å². The van der Waals surface area contributed by atoms with Crippen LogP contribution in [0.4, 0.5) is 0 Å². The molecule has 0 fully saturated rings. The fourth-order valence-electron chi connectivity index (χ4n) is 2.90. The van der Waals surface area contributed by atoms with Gasteiger partial charge in [0, 0.05) is 36.1 Å². The Morgan fingerprint density at radius 2 is 2.13 bits per heavy atom. The van der Waals surface area contributed by atoms with Crippen molar-refractivity contribution in [3.05, 3.63) is 72.2 Å². The number of hydrogen-bond donors (Lipinski definition) is 1. The number of rotatable bonds is 4. The number of benzene rings is 1. The molecule has 2 aromatic heterocycles. The Bertz CT molecular complexity index is 785. The lowest BCUT2D eigenvalue weighted by atomic mass is 10.0. The minimum absolute atomic E-state index is 0.425. The maximum absolute atomic E-state index is 4.38. The third-order valence-electron chi connectivity index (χ3n) is 4.06. The maximum Gasteiger partial charge on any atom is 0.153 e. The molecule has 0 amide bonds. The van der Waals surface area contributed by atoms with Gasteiger partial charge in [-0.2, -0.15) is 5.10 Å². The van der Waals surface area contributed by atoms with Gasteiger partial charge in [-0.15, -0.1) is 11.8 Å². The zero-order valence-electron chi connectivity index (χ0n) is 12.7. The van der Waals surface area contributed by atoms with Crippen LogP contribution in [0, 0.1) is 0 Å². The SMILES string of the molecule is c1ccc2c(c1)SCC[C@H]2NCc1ccnc(-n2cccn2)c1. The fraction of sp³-hybridized carbons (Fsp3) is 0.222. The summed E-state index contributed by atoms with van der Waals surface area (Å²) in [5, 5.41) is 7.93. The summed E-state index contributed by atoms with van der Waals surface area (Å²) >= 11 is 1.95. The molecule has 1 atom stereocenters. The molecule has 0 spiro atoms. The molecular formula is C18H18N4S. The number of nitrogens with one attached hydrogen (secondary N) is 1. The molecule has 1 aliphatic rings. The number of fused-ring (bicyclic) bond motifs is 1. The molecule has 23 heavy (non-hydrogen) atoms. The van der Waals surface area contributed by atoms with E-state index in [9.17, 15) is 0 Å². The van der Waals surface area contributed by atoms with Gasteiger partial charge in [-0.25, -0.2) is 9.67 Å². The molecular weight excluding hydrogens is 304 g/mol. The minimum Gasteiger partial charge on any atom is -0.306 e. The molecule has 0 saturated carbocycles. The monoisotopic (exact) mass is 322 g/mol. The lowest BCUT2D eigenvalue weighted by molar-refractivity contribution is 0.509. The van der Waals surface area contributed by atoms with Crippen LogP contribution in [0.3, 0.4) is 0 Å². The molecule has 4 nitrogen and oxygen atoms in total. The van der Waals surface area contributed by atoms with Crippen molar-refractivity contribution in [1.82, 2.24) is 20.1 Å². The van der Waals surface area contributed by atoms with Crippen molar-refractivity contribution < 1.29 is 0 Å². The van der Waals surface area contributed by atoms with E-state index in [0.29, 0.717) is 6.04 Å². The van der Waals surface area contributed by atoms with Crippen molar-refractivity contribution in [1.29, 1.82) is 0 Å². The summed E-state index contributed by atoms with van der Waals surface area (Å²) in [4.78, 5) is 5.79. The van der Waals surface area contributed by atoms with Gasteiger partial charge in [0.05, 0.1) is 0 Å². The van der Waals surface area contributed by atoms with E-state index in [1.165, 1.54) is 28.2 Å². The third-order valence-corrected chi connectivity index (χ3v) is 5.18. The number of aromatic nitrogens is 3. The van der Waals surface area contributed by atoms with E-state index >= 15 is 0 Å². The quantitative estimate of drug-likeness (QED) is 0.797. The van der Waals surface area contributed by atoms with Gasteiger partial charge in [0.15, 0.2) is 5.82 Å². The molecule has 116 valence electrons. The Labute approximate surface area is 139 Å². The van der Waals surface area contributed by atoms with Crippen LogP contribution in [-0.2, 0) is 6.54 Å². The van der Waals surface area contributed by atoms with Gasteiger partial charge in [0.25, 0.3) is 0 Å². The highest BCUT2D eigenvalue weighted by Crippen LogP contribution is 2.35. The van der Waals surface area contributed by atoms with E-state index in [1.54, 1.807) is 10.9 Å². The van der Waals surface area contributed by atoms with Gasteiger partial charge >= 0.3 is 0 Å². The Hall–Kier alpha value is -2.11. The summed E-state index contributed by atoms with van der Waals surface area (Å²) in [6.45, 7) is 0.834. The molecule has 0 bridgehead atoms. The van der Waals surface area contributed by atoms with Crippen molar-refractivity contribution in [2.75, 3.05) is 5.75 Å². The van der Waals surface area contributed by atoms with Crippen molar-refractivity contribution in [2.45, 2.75) is 23.9 Å². The molecule has 5 heteroatoms. The van der Waals surface area contributed by atoms with Gasteiger partial charge < -0.3 is 5.32 Å². The van der Waals surface area contributed by atoms with E-state index in [4.69, 9.17) is 0 Å². The average molecular weight is 322 g/mol. The maximum atomic E-state index is 4.38. The number of thioether (sulfide) groups is 1. The molecule has 1 aromatic carbocycles. The topological polar surface area (TPSA) is 42.7 Å². The summed E-state index contributed by atoms with van der Waals surface area (Å²) in [5.74, 6) is 2.03. The van der Waals surface area contributed by atoms with E-state index in [1.807, 2.05) is 30.2 Å². The van der Waals surface area contributed by atoms with Crippen molar-refractivity contribution >= 4 is 11.8 Å².